The second kappa shape index (κ2) is 3.13. The van der Waals surface area contributed by atoms with Crippen LogP contribution in [0.5, 0.6) is 0 Å². The minimum absolute atomic E-state index is 0.336. The molecule has 1 nitrogen and oxygen atoms in total. The molecular formula is C12H16O. The van der Waals surface area contributed by atoms with Crippen LogP contribution >= 0.6 is 0 Å². The van der Waals surface area contributed by atoms with Crippen LogP contribution in [0.3, 0.4) is 0 Å². The van der Waals surface area contributed by atoms with E-state index in [-0.39, 0.29) is 0 Å². The normalized spacial score (nSPS) is 32.7. The van der Waals surface area contributed by atoms with E-state index in [1.165, 1.54) is 17.6 Å². The molecule has 2 rings (SSSR count). The van der Waals surface area contributed by atoms with Crippen molar-refractivity contribution in [1.29, 1.82) is 0 Å². The fourth-order valence-corrected chi connectivity index (χ4v) is 2.52. The molecular weight excluding hydrogens is 160 g/mol. The van der Waals surface area contributed by atoms with Gasteiger partial charge in [0.2, 0.25) is 0 Å². The molecule has 0 amide bonds. The third kappa shape index (κ3) is 1.60. The number of ketones is 1. The van der Waals surface area contributed by atoms with Gasteiger partial charge in [0, 0.05) is 6.42 Å². The highest BCUT2D eigenvalue weighted by Gasteiger charge is 2.31. The molecule has 0 saturated heterocycles. The zero-order valence-electron chi connectivity index (χ0n) is 8.18. The Morgan fingerprint density at radius 2 is 2.38 bits per heavy atom. The summed E-state index contributed by atoms with van der Waals surface area (Å²) >= 11 is 0. The van der Waals surface area contributed by atoms with Gasteiger partial charge in [-0.2, -0.15) is 0 Å². The van der Waals surface area contributed by atoms with Gasteiger partial charge in [-0.05, 0) is 44.1 Å². The van der Waals surface area contributed by atoms with Crippen molar-refractivity contribution < 1.29 is 4.79 Å². The van der Waals surface area contributed by atoms with Crippen LogP contribution in [0.4, 0.5) is 0 Å². The lowest BCUT2D eigenvalue weighted by Crippen LogP contribution is -2.16. The average Bonchev–Trinajstić information content (AvgIpc) is 2.42. The van der Waals surface area contributed by atoms with Crippen molar-refractivity contribution in [1.82, 2.24) is 0 Å². The molecule has 0 bridgehead atoms. The van der Waals surface area contributed by atoms with Crippen molar-refractivity contribution in [3.63, 3.8) is 0 Å². The summed E-state index contributed by atoms with van der Waals surface area (Å²) in [6.07, 6.45) is 6.12. The van der Waals surface area contributed by atoms with Gasteiger partial charge in [-0.25, -0.2) is 0 Å². The quantitative estimate of drug-likeness (QED) is 0.561. The molecule has 0 unspecified atom stereocenters. The van der Waals surface area contributed by atoms with E-state index < -0.39 is 0 Å². The molecule has 2 aliphatic rings. The summed E-state index contributed by atoms with van der Waals surface area (Å²) in [7, 11) is 0. The Hall–Kier alpha value is -0.850. The van der Waals surface area contributed by atoms with E-state index in [1.807, 2.05) is 6.08 Å². The molecule has 0 aromatic heterocycles. The molecule has 0 heterocycles. The SMILES string of the molecule is C=C(C)[C@H]1CCC2=CC(=O)C[C@@H]2C1. The Labute approximate surface area is 79.5 Å². The van der Waals surface area contributed by atoms with Crippen LogP contribution in [-0.2, 0) is 4.79 Å². The first-order valence-electron chi connectivity index (χ1n) is 5.05. The molecule has 13 heavy (non-hydrogen) atoms. The number of carbonyl (C=O) groups excluding carboxylic acids is 1. The first-order valence-corrected chi connectivity index (χ1v) is 5.05. The van der Waals surface area contributed by atoms with Crippen LogP contribution < -0.4 is 0 Å². The van der Waals surface area contributed by atoms with Crippen LogP contribution in [0.2, 0.25) is 0 Å². The van der Waals surface area contributed by atoms with Crippen molar-refractivity contribution in [2.24, 2.45) is 11.8 Å². The van der Waals surface area contributed by atoms with Gasteiger partial charge in [-0.15, -0.1) is 0 Å². The van der Waals surface area contributed by atoms with E-state index in [0.29, 0.717) is 17.6 Å². The second-order valence-electron chi connectivity index (χ2n) is 4.40. The Morgan fingerprint density at radius 1 is 1.62 bits per heavy atom. The monoisotopic (exact) mass is 176 g/mol. The Balaban J connectivity index is 2.08. The summed E-state index contributed by atoms with van der Waals surface area (Å²) in [6, 6.07) is 0. The maximum absolute atomic E-state index is 11.2. The molecule has 1 saturated carbocycles. The fourth-order valence-electron chi connectivity index (χ4n) is 2.52. The maximum atomic E-state index is 11.2. The number of hydrogen-bond acceptors (Lipinski definition) is 1. The first kappa shape index (κ1) is 8.74. The van der Waals surface area contributed by atoms with Gasteiger partial charge in [0.15, 0.2) is 5.78 Å². The average molecular weight is 176 g/mol. The summed E-state index contributed by atoms with van der Waals surface area (Å²) in [6.45, 7) is 6.11. The molecule has 70 valence electrons. The first-order chi connectivity index (χ1) is 6.16. The summed E-state index contributed by atoms with van der Waals surface area (Å²) in [5.74, 6) is 1.55. The molecule has 2 aliphatic carbocycles. The predicted molar refractivity (Wildman–Crippen MR) is 53.4 cm³/mol. The topological polar surface area (TPSA) is 17.1 Å². The van der Waals surface area contributed by atoms with Crippen LogP contribution in [0, 0.1) is 11.8 Å². The van der Waals surface area contributed by atoms with E-state index in [2.05, 4.69) is 13.5 Å². The van der Waals surface area contributed by atoms with Crippen molar-refractivity contribution >= 4 is 5.78 Å². The summed E-state index contributed by atoms with van der Waals surface area (Å²) in [5, 5.41) is 0. The van der Waals surface area contributed by atoms with Crippen molar-refractivity contribution in [2.75, 3.05) is 0 Å². The number of carbonyl (C=O) groups is 1. The summed E-state index contributed by atoms with van der Waals surface area (Å²) < 4.78 is 0. The Morgan fingerprint density at radius 3 is 3.08 bits per heavy atom. The van der Waals surface area contributed by atoms with Crippen LogP contribution in [0.1, 0.15) is 32.6 Å². The van der Waals surface area contributed by atoms with E-state index in [1.54, 1.807) is 0 Å². The maximum Gasteiger partial charge on any atom is 0.156 e. The summed E-state index contributed by atoms with van der Waals surface area (Å²) in [5.41, 5.74) is 2.70. The van der Waals surface area contributed by atoms with Crippen molar-refractivity contribution in [2.45, 2.75) is 32.6 Å². The third-order valence-electron chi connectivity index (χ3n) is 3.37. The minimum atomic E-state index is 0.336. The number of rotatable bonds is 1. The highest BCUT2D eigenvalue weighted by atomic mass is 16.1. The molecule has 0 aliphatic heterocycles. The number of fused-ring (bicyclic) bond motifs is 1. The lowest BCUT2D eigenvalue weighted by atomic mass is 9.76. The van der Waals surface area contributed by atoms with Gasteiger partial charge in [-0.3, -0.25) is 4.79 Å². The van der Waals surface area contributed by atoms with Crippen molar-refractivity contribution in [3.05, 3.63) is 23.8 Å². The predicted octanol–water partition coefficient (Wildman–Crippen LogP) is 2.88. The van der Waals surface area contributed by atoms with Gasteiger partial charge in [0.05, 0.1) is 0 Å². The fraction of sp³-hybridized carbons (Fsp3) is 0.583. The van der Waals surface area contributed by atoms with Gasteiger partial charge in [-0.1, -0.05) is 17.7 Å². The smallest absolute Gasteiger partial charge is 0.156 e. The lowest BCUT2D eigenvalue weighted by Gasteiger charge is -2.28. The molecule has 0 aromatic carbocycles. The summed E-state index contributed by atoms with van der Waals surface area (Å²) in [4.78, 5) is 11.2. The van der Waals surface area contributed by atoms with Gasteiger partial charge in [0.1, 0.15) is 0 Å². The van der Waals surface area contributed by atoms with Crippen molar-refractivity contribution in [3.8, 4) is 0 Å². The van der Waals surface area contributed by atoms with Crippen LogP contribution in [0.25, 0.3) is 0 Å². The lowest BCUT2D eigenvalue weighted by molar-refractivity contribution is -0.114. The molecule has 0 spiro atoms. The van der Waals surface area contributed by atoms with E-state index in [9.17, 15) is 4.79 Å². The molecule has 1 fully saturated rings. The highest BCUT2D eigenvalue weighted by Crippen LogP contribution is 2.41. The minimum Gasteiger partial charge on any atom is -0.295 e. The Kier molecular flexibility index (Phi) is 2.10. The zero-order valence-corrected chi connectivity index (χ0v) is 8.18. The number of hydrogen-bond donors (Lipinski definition) is 0. The van der Waals surface area contributed by atoms with E-state index in [0.717, 1.165) is 19.3 Å². The highest BCUT2D eigenvalue weighted by molar-refractivity contribution is 5.93. The molecule has 0 N–H and O–H groups in total. The standard InChI is InChI=1S/C12H16O/c1-8(2)9-3-4-10-6-12(13)7-11(10)5-9/h6,9,11H,1,3-5,7H2,2H3/t9-,11-/m0/s1. The van der Waals surface area contributed by atoms with E-state index >= 15 is 0 Å². The van der Waals surface area contributed by atoms with Gasteiger partial charge < -0.3 is 0 Å². The second-order valence-corrected chi connectivity index (χ2v) is 4.40. The van der Waals surface area contributed by atoms with Crippen LogP contribution in [0.15, 0.2) is 23.8 Å². The third-order valence-corrected chi connectivity index (χ3v) is 3.37. The van der Waals surface area contributed by atoms with E-state index in [4.69, 9.17) is 0 Å². The largest absolute Gasteiger partial charge is 0.295 e. The van der Waals surface area contributed by atoms with Gasteiger partial charge >= 0.3 is 0 Å². The molecule has 2 atom stereocenters. The van der Waals surface area contributed by atoms with Gasteiger partial charge in [0.25, 0.3) is 0 Å². The molecule has 1 heteroatoms. The molecule has 0 radical (unpaired) electrons. The molecule has 0 aromatic rings. The number of allylic oxidation sites excluding steroid dienone is 3. The zero-order chi connectivity index (χ0) is 9.42. The Bertz CT molecular complexity index is 285. The van der Waals surface area contributed by atoms with Crippen LogP contribution in [-0.4, -0.2) is 5.78 Å².